The van der Waals surface area contributed by atoms with Crippen molar-refractivity contribution in [3.63, 3.8) is 0 Å². The van der Waals surface area contributed by atoms with Gasteiger partial charge in [0.2, 0.25) is 0 Å². The number of nitrogens with zero attached hydrogens (tertiary/aromatic N) is 3. The molecule has 0 bridgehead atoms. The van der Waals surface area contributed by atoms with Crippen molar-refractivity contribution in [3.05, 3.63) is 18.0 Å². The number of methoxy groups -OCH3 is 1. The van der Waals surface area contributed by atoms with E-state index in [0.717, 1.165) is 18.7 Å². The largest absolute Gasteiger partial charge is 0.383 e. The molecule has 16 heavy (non-hydrogen) atoms. The third-order valence-electron chi connectivity index (χ3n) is 2.19. The first-order valence-corrected chi connectivity index (χ1v) is 5.23. The molecule has 1 aromatic heterocycles. The molecular formula is C10H19N5O. The van der Waals surface area contributed by atoms with Gasteiger partial charge in [-0.2, -0.15) is 5.10 Å². The van der Waals surface area contributed by atoms with Crippen molar-refractivity contribution in [2.75, 3.05) is 26.8 Å². The standard InChI is InChI=1S/C10H19N5O/c1-15-9(4-6-14-15)3-5-12-10(11)13-7-8-16-2/h4,6H,3,5,7-8H2,1-2H3,(H3,11,12,13). The van der Waals surface area contributed by atoms with E-state index in [0.29, 0.717) is 19.1 Å². The molecule has 0 amide bonds. The fraction of sp³-hybridized carbons (Fsp3) is 0.600. The number of aryl methyl sites for hydroxylation is 1. The maximum Gasteiger partial charge on any atom is 0.188 e. The number of hydrogen-bond donors (Lipinski definition) is 2. The second kappa shape index (κ2) is 6.84. The van der Waals surface area contributed by atoms with Crippen LogP contribution in [-0.4, -0.2) is 42.5 Å². The first-order valence-electron chi connectivity index (χ1n) is 5.23. The van der Waals surface area contributed by atoms with Crippen LogP contribution in [0.25, 0.3) is 0 Å². The molecule has 0 fully saturated rings. The molecule has 0 spiro atoms. The van der Waals surface area contributed by atoms with E-state index >= 15 is 0 Å². The van der Waals surface area contributed by atoms with Crippen LogP contribution in [0.4, 0.5) is 0 Å². The maximum absolute atomic E-state index is 5.65. The number of nitrogens with two attached hydrogens (primary N) is 1. The zero-order valence-corrected chi connectivity index (χ0v) is 9.81. The van der Waals surface area contributed by atoms with E-state index in [-0.39, 0.29) is 0 Å². The molecule has 0 unspecified atom stereocenters. The van der Waals surface area contributed by atoms with E-state index in [1.54, 1.807) is 13.3 Å². The Hall–Kier alpha value is -1.56. The zero-order valence-electron chi connectivity index (χ0n) is 9.81. The lowest BCUT2D eigenvalue weighted by atomic mass is 10.3. The molecular weight excluding hydrogens is 206 g/mol. The third-order valence-corrected chi connectivity index (χ3v) is 2.19. The molecule has 1 heterocycles. The lowest BCUT2D eigenvalue weighted by Gasteiger charge is -2.05. The van der Waals surface area contributed by atoms with Gasteiger partial charge in [-0.1, -0.05) is 0 Å². The quantitative estimate of drug-likeness (QED) is 0.389. The molecule has 0 aromatic carbocycles. The van der Waals surface area contributed by atoms with Crippen LogP contribution in [0.5, 0.6) is 0 Å². The highest BCUT2D eigenvalue weighted by molar-refractivity contribution is 5.77. The predicted octanol–water partition coefficient (Wildman–Crippen LogP) is -0.487. The summed E-state index contributed by atoms with van der Waals surface area (Å²) in [7, 11) is 3.56. The van der Waals surface area contributed by atoms with Gasteiger partial charge in [-0.15, -0.1) is 0 Å². The van der Waals surface area contributed by atoms with Crippen LogP contribution in [0.3, 0.4) is 0 Å². The van der Waals surface area contributed by atoms with Crippen molar-refractivity contribution < 1.29 is 4.74 Å². The minimum atomic E-state index is 0.458. The second-order valence-electron chi connectivity index (χ2n) is 3.38. The molecule has 0 saturated heterocycles. The van der Waals surface area contributed by atoms with Gasteiger partial charge >= 0.3 is 0 Å². The van der Waals surface area contributed by atoms with Crippen LogP contribution in [0.1, 0.15) is 5.69 Å². The zero-order chi connectivity index (χ0) is 11.8. The van der Waals surface area contributed by atoms with Gasteiger partial charge in [0.25, 0.3) is 0 Å². The van der Waals surface area contributed by atoms with Gasteiger partial charge in [-0.05, 0) is 6.07 Å². The molecule has 0 aliphatic heterocycles. The number of guanidine groups is 1. The van der Waals surface area contributed by atoms with Crippen LogP contribution in [0, 0.1) is 0 Å². The van der Waals surface area contributed by atoms with E-state index in [2.05, 4.69) is 15.4 Å². The van der Waals surface area contributed by atoms with Crippen LogP contribution >= 0.6 is 0 Å². The summed E-state index contributed by atoms with van der Waals surface area (Å²) in [5, 5.41) is 7.12. The third kappa shape index (κ3) is 4.31. The molecule has 6 heteroatoms. The Bertz CT molecular complexity index is 334. The molecule has 6 nitrogen and oxygen atoms in total. The van der Waals surface area contributed by atoms with Crippen molar-refractivity contribution in [1.29, 1.82) is 0 Å². The summed E-state index contributed by atoms with van der Waals surface area (Å²) in [6, 6.07) is 1.99. The average Bonchev–Trinajstić information content (AvgIpc) is 2.65. The SMILES string of the molecule is COCCN=C(N)NCCc1ccnn1C. The van der Waals surface area contributed by atoms with Crippen molar-refractivity contribution in [3.8, 4) is 0 Å². The first-order chi connectivity index (χ1) is 7.74. The van der Waals surface area contributed by atoms with Crippen LogP contribution in [-0.2, 0) is 18.2 Å². The second-order valence-corrected chi connectivity index (χ2v) is 3.38. The molecule has 0 saturated carbocycles. The van der Waals surface area contributed by atoms with E-state index in [1.165, 1.54) is 0 Å². The van der Waals surface area contributed by atoms with Crippen LogP contribution < -0.4 is 11.1 Å². The number of aromatic nitrogens is 2. The van der Waals surface area contributed by atoms with Crippen LogP contribution in [0.2, 0.25) is 0 Å². The Morgan fingerprint density at radius 3 is 3.12 bits per heavy atom. The molecule has 90 valence electrons. The fourth-order valence-electron chi connectivity index (χ4n) is 1.28. The smallest absolute Gasteiger partial charge is 0.188 e. The lowest BCUT2D eigenvalue weighted by molar-refractivity contribution is 0.208. The van der Waals surface area contributed by atoms with E-state index in [4.69, 9.17) is 10.5 Å². The van der Waals surface area contributed by atoms with Gasteiger partial charge in [0.15, 0.2) is 5.96 Å². The number of rotatable bonds is 6. The Morgan fingerprint density at radius 2 is 2.50 bits per heavy atom. The van der Waals surface area contributed by atoms with Crippen LogP contribution in [0.15, 0.2) is 17.3 Å². The summed E-state index contributed by atoms with van der Waals surface area (Å²) >= 11 is 0. The maximum atomic E-state index is 5.65. The van der Waals surface area contributed by atoms with Gasteiger partial charge in [0.05, 0.1) is 13.2 Å². The number of nitrogens with one attached hydrogen (secondary N) is 1. The minimum Gasteiger partial charge on any atom is -0.383 e. The molecule has 0 aliphatic carbocycles. The van der Waals surface area contributed by atoms with Gasteiger partial charge in [-0.25, -0.2) is 0 Å². The normalized spacial score (nSPS) is 11.8. The molecule has 0 atom stereocenters. The summed E-state index contributed by atoms with van der Waals surface area (Å²) in [5.74, 6) is 0.458. The topological polar surface area (TPSA) is 77.5 Å². The Labute approximate surface area is 95.5 Å². The summed E-state index contributed by atoms with van der Waals surface area (Å²) < 4.78 is 6.72. The van der Waals surface area contributed by atoms with Crippen molar-refractivity contribution in [2.24, 2.45) is 17.8 Å². The molecule has 0 aliphatic rings. The van der Waals surface area contributed by atoms with Crippen molar-refractivity contribution in [2.45, 2.75) is 6.42 Å². The van der Waals surface area contributed by atoms with E-state index < -0.39 is 0 Å². The summed E-state index contributed by atoms with van der Waals surface area (Å²) in [6.45, 7) is 1.92. The number of hydrogen-bond acceptors (Lipinski definition) is 3. The molecule has 3 N–H and O–H groups in total. The first kappa shape index (κ1) is 12.5. The molecule has 1 aromatic rings. The number of ether oxygens (including phenoxy) is 1. The number of aliphatic imine (C=N–C) groups is 1. The lowest BCUT2D eigenvalue weighted by Crippen LogP contribution is -2.33. The highest BCUT2D eigenvalue weighted by atomic mass is 16.5. The van der Waals surface area contributed by atoms with E-state index in [9.17, 15) is 0 Å². The predicted molar refractivity (Wildman–Crippen MR) is 63.3 cm³/mol. The summed E-state index contributed by atoms with van der Waals surface area (Å²) in [4.78, 5) is 4.09. The molecule has 1 rings (SSSR count). The monoisotopic (exact) mass is 225 g/mol. The van der Waals surface area contributed by atoms with Gasteiger partial charge in [-0.3, -0.25) is 9.67 Å². The van der Waals surface area contributed by atoms with Gasteiger partial charge in [0.1, 0.15) is 0 Å². The average molecular weight is 225 g/mol. The highest BCUT2D eigenvalue weighted by Gasteiger charge is 1.98. The van der Waals surface area contributed by atoms with Gasteiger partial charge < -0.3 is 15.8 Å². The summed E-state index contributed by atoms with van der Waals surface area (Å²) in [6.07, 6.45) is 2.66. The Kier molecular flexibility index (Phi) is 5.35. The van der Waals surface area contributed by atoms with Crippen molar-refractivity contribution in [1.82, 2.24) is 15.1 Å². The summed E-state index contributed by atoms with van der Waals surface area (Å²) in [5.41, 5.74) is 6.82. The minimum absolute atomic E-state index is 0.458. The molecule has 0 radical (unpaired) electrons. The Morgan fingerprint density at radius 1 is 1.69 bits per heavy atom. The van der Waals surface area contributed by atoms with E-state index in [1.807, 2.05) is 17.8 Å². The van der Waals surface area contributed by atoms with Crippen molar-refractivity contribution >= 4 is 5.96 Å². The van der Waals surface area contributed by atoms with Gasteiger partial charge in [0, 0.05) is 39.0 Å². The highest BCUT2D eigenvalue weighted by Crippen LogP contribution is 1.95. The Balaban J connectivity index is 2.20. The fourth-order valence-corrected chi connectivity index (χ4v) is 1.28.